The van der Waals surface area contributed by atoms with Crippen LogP contribution in [0.15, 0.2) is 68.4 Å². The molecule has 10 heteroatoms. The van der Waals surface area contributed by atoms with Gasteiger partial charge in [0.15, 0.2) is 8.68 Å². The number of nitrogens with zero attached hydrogens (tertiary/aromatic N) is 3. The molecule has 0 unspecified atom stereocenters. The summed E-state index contributed by atoms with van der Waals surface area (Å²) in [5, 5.41) is 12.4. The first-order chi connectivity index (χ1) is 15.0. The normalized spacial score (nSPS) is 11.2. The van der Waals surface area contributed by atoms with Crippen LogP contribution in [0, 0.1) is 0 Å². The van der Waals surface area contributed by atoms with Crippen molar-refractivity contribution in [3.05, 3.63) is 65.7 Å². The lowest BCUT2D eigenvalue weighted by atomic mass is 10.1. The number of carbonyl (C=O) groups excluding carboxylic acids is 2. The minimum absolute atomic E-state index is 0.195. The summed E-state index contributed by atoms with van der Waals surface area (Å²) >= 11 is 4.43. The van der Waals surface area contributed by atoms with Crippen molar-refractivity contribution in [3.8, 4) is 5.75 Å². The number of esters is 1. The first-order valence-electron chi connectivity index (χ1n) is 9.24. The molecule has 31 heavy (non-hydrogen) atoms. The number of thioether (sulfide) groups is 2. The Hall–Kier alpha value is -2.69. The largest absolute Gasteiger partial charge is 0.427 e. The van der Waals surface area contributed by atoms with Crippen LogP contribution in [0.25, 0.3) is 0 Å². The SMILES string of the molecule is CC(=O)Oc1ccc(/C(C)=N\NC(=O)CSc2nnc(SCc3ccccc3)s2)cc1. The Labute approximate surface area is 192 Å². The van der Waals surface area contributed by atoms with Gasteiger partial charge in [0.05, 0.1) is 11.5 Å². The predicted octanol–water partition coefficient (Wildman–Crippen LogP) is 4.39. The Morgan fingerprint density at radius 2 is 1.68 bits per heavy atom. The maximum atomic E-state index is 12.1. The second kappa shape index (κ2) is 11.6. The second-order valence-corrected chi connectivity index (χ2v) is 9.67. The number of hydrogen-bond acceptors (Lipinski definition) is 9. The molecule has 1 aromatic heterocycles. The Bertz CT molecular complexity index is 1050. The number of nitrogens with one attached hydrogen (secondary N) is 1. The number of rotatable bonds is 9. The molecule has 7 nitrogen and oxygen atoms in total. The quantitative estimate of drug-likeness (QED) is 0.162. The molecule has 0 spiro atoms. The maximum Gasteiger partial charge on any atom is 0.308 e. The maximum absolute atomic E-state index is 12.1. The predicted molar refractivity (Wildman–Crippen MR) is 125 cm³/mol. The molecule has 160 valence electrons. The van der Waals surface area contributed by atoms with Crippen molar-refractivity contribution in [2.75, 3.05) is 5.75 Å². The average molecular weight is 473 g/mol. The van der Waals surface area contributed by atoms with Crippen molar-refractivity contribution in [1.82, 2.24) is 15.6 Å². The lowest BCUT2D eigenvalue weighted by Gasteiger charge is -2.04. The zero-order valence-corrected chi connectivity index (χ0v) is 19.4. The van der Waals surface area contributed by atoms with E-state index < -0.39 is 0 Å². The minimum Gasteiger partial charge on any atom is -0.427 e. The van der Waals surface area contributed by atoms with Crippen molar-refractivity contribution in [3.63, 3.8) is 0 Å². The molecule has 1 heterocycles. The van der Waals surface area contributed by atoms with Crippen LogP contribution in [-0.4, -0.2) is 33.5 Å². The summed E-state index contributed by atoms with van der Waals surface area (Å²) in [5.41, 5.74) is 5.23. The van der Waals surface area contributed by atoms with Gasteiger partial charge in [-0.05, 0) is 42.3 Å². The fourth-order valence-electron chi connectivity index (χ4n) is 2.33. The van der Waals surface area contributed by atoms with Crippen molar-refractivity contribution in [2.24, 2.45) is 5.10 Å². The van der Waals surface area contributed by atoms with Crippen LogP contribution in [0.1, 0.15) is 25.0 Å². The molecule has 1 amide bonds. The highest BCUT2D eigenvalue weighted by molar-refractivity contribution is 8.03. The van der Waals surface area contributed by atoms with Crippen LogP contribution in [0.5, 0.6) is 5.75 Å². The van der Waals surface area contributed by atoms with Crippen molar-refractivity contribution < 1.29 is 14.3 Å². The van der Waals surface area contributed by atoms with E-state index in [1.54, 1.807) is 43.0 Å². The lowest BCUT2D eigenvalue weighted by molar-refractivity contribution is -0.131. The van der Waals surface area contributed by atoms with Crippen LogP contribution in [-0.2, 0) is 15.3 Å². The molecule has 1 N–H and O–H groups in total. The summed E-state index contributed by atoms with van der Waals surface area (Å²) in [5.74, 6) is 0.883. The molecule has 3 aromatic rings. The number of ether oxygens (including phenoxy) is 1. The van der Waals surface area contributed by atoms with Gasteiger partial charge in [0, 0.05) is 12.7 Å². The monoisotopic (exact) mass is 472 g/mol. The molecule has 0 saturated carbocycles. The van der Waals surface area contributed by atoms with Gasteiger partial charge in [0.25, 0.3) is 5.91 Å². The van der Waals surface area contributed by atoms with Crippen LogP contribution >= 0.6 is 34.9 Å². The van der Waals surface area contributed by atoms with E-state index in [0.29, 0.717) is 11.5 Å². The molecule has 3 rings (SSSR count). The average Bonchev–Trinajstić information content (AvgIpc) is 3.23. The van der Waals surface area contributed by atoms with Gasteiger partial charge in [-0.3, -0.25) is 9.59 Å². The molecule has 0 aliphatic rings. The Morgan fingerprint density at radius 1 is 1.00 bits per heavy atom. The summed E-state index contributed by atoms with van der Waals surface area (Å²) in [4.78, 5) is 23.1. The number of carbonyl (C=O) groups is 2. The Morgan fingerprint density at radius 3 is 2.35 bits per heavy atom. The summed E-state index contributed by atoms with van der Waals surface area (Å²) in [6.45, 7) is 3.13. The third-order valence-electron chi connectivity index (χ3n) is 3.80. The minimum atomic E-state index is -0.375. The fourth-order valence-corrected chi connectivity index (χ4v) is 5.10. The first-order valence-corrected chi connectivity index (χ1v) is 12.0. The molecule has 0 saturated heterocycles. The molecular formula is C21H20N4O3S3. The van der Waals surface area contributed by atoms with Gasteiger partial charge in [-0.2, -0.15) is 5.10 Å². The highest BCUT2D eigenvalue weighted by Gasteiger charge is 2.09. The Balaban J connectivity index is 1.43. The zero-order valence-electron chi connectivity index (χ0n) is 16.9. The smallest absolute Gasteiger partial charge is 0.308 e. The van der Waals surface area contributed by atoms with E-state index in [1.807, 2.05) is 18.2 Å². The van der Waals surface area contributed by atoms with Crippen molar-refractivity contribution >= 4 is 52.4 Å². The van der Waals surface area contributed by atoms with Gasteiger partial charge in [0.1, 0.15) is 5.75 Å². The van der Waals surface area contributed by atoms with Crippen molar-refractivity contribution in [1.29, 1.82) is 0 Å². The third kappa shape index (κ3) is 7.82. The van der Waals surface area contributed by atoms with Crippen LogP contribution in [0.2, 0.25) is 0 Å². The number of aromatic nitrogens is 2. The van der Waals surface area contributed by atoms with E-state index >= 15 is 0 Å². The molecular weight excluding hydrogens is 452 g/mol. The van der Waals surface area contributed by atoms with E-state index in [0.717, 1.165) is 20.0 Å². The van der Waals surface area contributed by atoms with E-state index in [4.69, 9.17) is 4.74 Å². The topological polar surface area (TPSA) is 93.5 Å². The Kier molecular flexibility index (Phi) is 8.63. The summed E-state index contributed by atoms with van der Waals surface area (Å²) < 4.78 is 6.61. The van der Waals surface area contributed by atoms with E-state index in [1.165, 1.54) is 35.6 Å². The van der Waals surface area contributed by atoms with Gasteiger partial charge in [0.2, 0.25) is 0 Å². The number of hydrogen-bond donors (Lipinski definition) is 1. The van der Waals surface area contributed by atoms with Gasteiger partial charge < -0.3 is 4.74 Å². The molecule has 0 fully saturated rings. The standard InChI is InChI=1S/C21H20N4O3S3/c1-14(17-8-10-18(11-9-17)28-15(2)26)22-23-19(27)13-30-21-25-24-20(31-21)29-12-16-6-4-3-5-7-16/h3-11H,12-13H2,1-2H3,(H,23,27)/b22-14-. The van der Waals surface area contributed by atoms with Crippen molar-refractivity contribution in [2.45, 2.75) is 28.3 Å². The van der Waals surface area contributed by atoms with Gasteiger partial charge in [-0.25, -0.2) is 5.43 Å². The highest BCUT2D eigenvalue weighted by atomic mass is 32.2. The highest BCUT2D eigenvalue weighted by Crippen LogP contribution is 2.30. The zero-order chi connectivity index (χ0) is 22.1. The van der Waals surface area contributed by atoms with E-state index in [2.05, 4.69) is 32.9 Å². The fraction of sp³-hybridized carbons (Fsp3) is 0.190. The summed E-state index contributed by atoms with van der Waals surface area (Å²) in [6, 6.07) is 17.1. The second-order valence-electron chi connectivity index (χ2n) is 6.25. The van der Waals surface area contributed by atoms with E-state index in [9.17, 15) is 9.59 Å². The number of hydrazone groups is 1. The summed E-state index contributed by atoms with van der Waals surface area (Å²) in [7, 11) is 0. The first kappa shape index (κ1) is 23.0. The molecule has 0 radical (unpaired) electrons. The number of amides is 1. The molecule has 2 aromatic carbocycles. The van der Waals surface area contributed by atoms with Gasteiger partial charge >= 0.3 is 5.97 Å². The third-order valence-corrected chi connectivity index (χ3v) is 7.06. The molecule has 0 atom stereocenters. The van der Waals surface area contributed by atoms with Crippen LogP contribution in [0.4, 0.5) is 0 Å². The van der Waals surface area contributed by atoms with Gasteiger partial charge in [-0.15, -0.1) is 10.2 Å². The van der Waals surface area contributed by atoms with E-state index in [-0.39, 0.29) is 17.6 Å². The molecule has 0 aliphatic carbocycles. The molecule has 0 aliphatic heterocycles. The van der Waals surface area contributed by atoms with Crippen LogP contribution in [0.3, 0.4) is 0 Å². The lowest BCUT2D eigenvalue weighted by Crippen LogP contribution is -2.21. The van der Waals surface area contributed by atoms with Crippen LogP contribution < -0.4 is 10.2 Å². The number of benzene rings is 2. The summed E-state index contributed by atoms with van der Waals surface area (Å²) in [6.07, 6.45) is 0. The molecule has 0 bridgehead atoms. The van der Waals surface area contributed by atoms with Gasteiger partial charge in [-0.1, -0.05) is 65.2 Å².